The van der Waals surface area contributed by atoms with Crippen LogP contribution in [-0.2, 0) is 0 Å². The number of rotatable bonds is 6. The number of Topliss-reactive ketones (excluding diaryl/α,β-unsaturated/α-hetero) is 1. The van der Waals surface area contributed by atoms with Gasteiger partial charge in [-0.15, -0.1) is 10.2 Å². The largest absolute Gasteiger partial charge is 0.374 e. The molecule has 2 rings (SSSR count). The third kappa shape index (κ3) is 3.80. The van der Waals surface area contributed by atoms with E-state index in [0.717, 1.165) is 16.3 Å². The molecule has 0 amide bonds. The maximum Gasteiger partial charge on any atom is 0.203 e. The van der Waals surface area contributed by atoms with E-state index in [0.29, 0.717) is 16.8 Å². The van der Waals surface area contributed by atoms with Gasteiger partial charge in [0.05, 0.1) is 5.75 Å². The summed E-state index contributed by atoms with van der Waals surface area (Å²) in [5.41, 5.74) is 7.51. The Morgan fingerprint density at radius 1 is 1.35 bits per heavy atom. The lowest BCUT2D eigenvalue weighted by molar-refractivity contribution is 0.102. The minimum atomic E-state index is 0.0967. The van der Waals surface area contributed by atoms with Crippen LogP contribution in [0.5, 0.6) is 0 Å². The Kier molecular flexibility index (Phi) is 5.14. The molecule has 0 bridgehead atoms. The van der Waals surface area contributed by atoms with Gasteiger partial charge in [-0.25, -0.2) is 0 Å². The third-order valence-electron chi connectivity index (χ3n) is 3.16. The van der Waals surface area contributed by atoms with E-state index in [4.69, 9.17) is 5.73 Å². The van der Waals surface area contributed by atoms with E-state index in [-0.39, 0.29) is 5.78 Å². The Labute approximate surface area is 126 Å². The fourth-order valence-corrected chi connectivity index (χ4v) is 3.25. The van der Waals surface area contributed by atoms with Gasteiger partial charge in [0.2, 0.25) is 5.13 Å². The fraction of sp³-hybridized carbons (Fsp3) is 0.357. The van der Waals surface area contributed by atoms with Gasteiger partial charge in [-0.1, -0.05) is 61.2 Å². The zero-order chi connectivity index (χ0) is 14.5. The predicted molar refractivity (Wildman–Crippen MR) is 84.5 cm³/mol. The fourth-order valence-electron chi connectivity index (χ4n) is 1.72. The lowest BCUT2D eigenvalue weighted by Gasteiger charge is -2.09. The van der Waals surface area contributed by atoms with E-state index in [2.05, 4.69) is 24.0 Å². The van der Waals surface area contributed by atoms with E-state index in [1.54, 1.807) is 0 Å². The second-order valence-corrected chi connectivity index (χ2v) is 6.78. The van der Waals surface area contributed by atoms with E-state index in [9.17, 15) is 4.79 Å². The van der Waals surface area contributed by atoms with Crippen molar-refractivity contribution in [3.05, 3.63) is 35.4 Å². The summed E-state index contributed by atoms with van der Waals surface area (Å²) in [6.45, 7) is 4.35. The number of nitrogen functional groups attached to an aromatic ring is 1. The molecule has 0 spiro atoms. The molecular weight excluding hydrogens is 290 g/mol. The lowest BCUT2D eigenvalue weighted by atomic mass is 9.97. The van der Waals surface area contributed by atoms with Crippen molar-refractivity contribution >= 4 is 34.0 Å². The van der Waals surface area contributed by atoms with Crippen LogP contribution in [0.1, 0.15) is 42.1 Å². The standard InChI is InChI=1S/C14H17N3OS2/c1-3-9(2)10-4-6-11(7-5-10)12(18)8-19-14-17-16-13(15)20-14/h4-7,9H,3,8H2,1-2H3,(H2,15,16). The number of hydrogen-bond donors (Lipinski definition) is 1. The van der Waals surface area contributed by atoms with Gasteiger partial charge in [-0.3, -0.25) is 4.79 Å². The van der Waals surface area contributed by atoms with Crippen molar-refractivity contribution in [2.45, 2.75) is 30.5 Å². The van der Waals surface area contributed by atoms with Crippen molar-refractivity contribution in [1.82, 2.24) is 10.2 Å². The number of nitrogens with two attached hydrogens (primary N) is 1. The molecule has 4 nitrogen and oxygen atoms in total. The summed E-state index contributed by atoms with van der Waals surface area (Å²) >= 11 is 2.68. The number of nitrogens with zero attached hydrogens (tertiary/aromatic N) is 2. The Balaban J connectivity index is 1.95. The molecule has 1 heterocycles. The first-order valence-corrected chi connectivity index (χ1v) is 8.25. The summed E-state index contributed by atoms with van der Waals surface area (Å²) in [5.74, 6) is 0.981. The van der Waals surface area contributed by atoms with Gasteiger partial charge in [-0.05, 0) is 17.9 Å². The third-order valence-corrected chi connectivity index (χ3v) is 5.05. The van der Waals surface area contributed by atoms with Gasteiger partial charge in [0, 0.05) is 5.56 Å². The Morgan fingerprint density at radius 2 is 2.05 bits per heavy atom. The van der Waals surface area contributed by atoms with Gasteiger partial charge in [0.25, 0.3) is 0 Å². The van der Waals surface area contributed by atoms with Crippen molar-refractivity contribution in [1.29, 1.82) is 0 Å². The zero-order valence-electron chi connectivity index (χ0n) is 11.5. The molecule has 106 valence electrons. The number of benzene rings is 1. The number of ketones is 1. The van der Waals surface area contributed by atoms with E-state index < -0.39 is 0 Å². The molecular formula is C14H17N3OS2. The monoisotopic (exact) mass is 307 g/mol. The normalized spacial score (nSPS) is 12.3. The highest BCUT2D eigenvalue weighted by atomic mass is 32.2. The van der Waals surface area contributed by atoms with E-state index in [1.807, 2.05) is 24.3 Å². The molecule has 0 aliphatic heterocycles. The van der Waals surface area contributed by atoms with Crippen molar-refractivity contribution in [2.75, 3.05) is 11.5 Å². The van der Waals surface area contributed by atoms with Crippen LogP contribution in [0.15, 0.2) is 28.6 Å². The molecule has 1 atom stereocenters. The number of anilines is 1. The molecule has 20 heavy (non-hydrogen) atoms. The number of hydrogen-bond acceptors (Lipinski definition) is 6. The number of thioether (sulfide) groups is 1. The SMILES string of the molecule is CCC(C)c1ccc(C(=O)CSc2nnc(N)s2)cc1. The average molecular weight is 307 g/mol. The first-order valence-electron chi connectivity index (χ1n) is 6.45. The van der Waals surface area contributed by atoms with Crippen LogP contribution >= 0.6 is 23.1 Å². The van der Waals surface area contributed by atoms with Crippen LogP contribution < -0.4 is 5.73 Å². The molecule has 1 aromatic heterocycles. The Bertz CT molecular complexity index is 580. The van der Waals surface area contributed by atoms with Crippen LogP contribution in [-0.4, -0.2) is 21.7 Å². The molecule has 0 saturated carbocycles. The summed E-state index contributed by atoms with van der Waals surface area (Å²) in [6.07, 6.45) is 1.10. The van der Waals surface area contributed by atoms with Gasteiger partial charge in [-0.2, -0.15) is 0 Å². The number of aromatic nitrogens is 2. The summed E-state index contributed by atoms with van der Waals surface area (Å²) in [4.78, 5) is 12.1. The first-order chi connectivity index (χ1) is 9.60. The highest BCUT2D eigenvalue weighted by Crippen LogP contribution is 2.25. The van der Waals surface area contributed by atoms with Crippen molar-refractivity contribution in [3.63, 3.8) is 0 Å². The molecule has 1 aromatic carbocycles. The predicted octanol–water partition coefficient (Wildman–Crippen LogP) is 3.61. The lowest BCUT2D eigenvalue weighted by Crippen LogP contribution is -2.02. The number of carbonyl (C=O) groups is 1. The molecule has 1 unspecified atom stereocenters. The smallest absolute Gasteiger partial charge is 0.203 e. The van der Waals surface area contributed by atoms with E-state index >= 15 is 0 Å². The van der Waals surface area contributed by atoms with Crippen LogP contribution in [0.2, 0.25) is 0 Å². The topological polar surface area (TPSA) is 68.9 Å². The molecule has 0 aliphatic rings. The number of carbonyl (C=O) groups excluding carboxylic acids is 1. The van der Waals surface area contributed by atoms with Crippen molar-refractivity contribution < 1.29 is 4.79 Å². The summed E-state index contributed by atoms with van der Waals surface area (Å²) in [5, 5.41) is 8.03. The van der Waals surface area contributed by atoms with Crippen LogP contribution in [0.25, 0.3) is 0 Å². The zero-order valence-corrected chi connectivity index (χ0v) is 13.1. The van der Waals surface area contributed by atoms with Crippen molar-refractivity contribution in [2.24, 2.45) is 0 Å². The summed E-state index contributed by atoms with van der Waals surface area (Å²) in [7, 11) is 0. The minimum Gasteiger partial charge on any atom is -0.374 e. The van der Waals surface area contributed by atoms with Crippen molar-refractivity contribution in [3.8, 4) is 0 Å². The maximum absolute atomic E-state index is 12.1. The first kappa shape index (κ1) is 15.0. The molecule has 0 aliphatic carbocycles. The summed E-state index contributed by atoms with van der Waals surface area (Å²) in [6, 6.07) is 7.88. The van der Waals surface area contributed by atoms with Crippen LogP contribution in [0, 0.1) is 0 Å². The highest BCUT2D eigenvalue weighted by Gasteiger charge is 2.10. The maximum atomic E-state index is 12.1. The molecule has 2 N–H and O–H groups in total. The molecule has 2 aromatic rings. The van der Waals surface area contributed by atoms with Crippen LogP contribution in [0.3, 0.4) is 0 Å². The molecule has 0 radical (unpaired) electrons. The van der Waals surface area contributed by atoms with Gasteiger partial charge >= 0.3 is 0 Å². The Morgan fingerprint density at radius 3 is 2.60 bits per heavy atom. The average Bonchev–Trinajstić information content (AvgIpc) is 2.89. The van der Waals surface area contributed by atoms with E-state index in [1.165, 1.54) is 28.7 Å². The molecule has 6 heteroatoms. The van der Waals surface area contributed by atoms with Crippen LogP contribution in [0.4, 0.5) is 5.13 Å². The second-order valence-electron chi connectivity index (χ2n) is 4.55. The van der Waals surface area contributed by atoms with Gasteiger partial charge in [0.15, 0.2) is 10.1 Å². The molecule has 0 fully saturated rings. The highest BCUT2D eigenvalue weighted by molar-refractivity contribution is 8.01. The molecule has 0 saturated heterocycles. The Hall–Kier alpha value is -1.40. The second kappa shape index (κ2) is 6.85. The minimum absolute atomic E-state index is 0.0967. The van der Waals surface area contributed by atoms with Gasteiger partial charge < -0.3 is 5.73 Å². The van der Waals surface area contributed by atoms with Gasteiger partial charge in [0.1, 0.15) is 0 Å². The summed E-state index contributed by atoms with van der Waals surface area (Å²) < 4.78 is 0.729. The quantitative estimate of drug-likeness (QED) is 0.652.